The number of benzene rings is 3. The zero-order valence-electron chi connectivity index (χ0n) is 16.6. The number of ether oxygens (including phenoxy) is 1. The molecule has 0 aliphatic rings. The summed E-state index contributed by atoms with van der Waals surface area (Å²) in [6.07, 6.45) is 1.19. The number of anilines is 1. The average Bonchev–Trinajstić information content (AvgIpc) is 2.76. The molecule has 0 atom stereocenters. The predicted molar refractivity (Wildman–Crippen MR) is 115 cm³/mol. The van der Waals surface area contributed by atoms with E-state index in [4.69, 9.17) is 4.74 Å². The third-order valence-electron chi connectivity index (χ3n) is 4.65. The molecular formula is C25H25NO3. The highest BCUT2D eigenvalue weighted by Crippen LogP contribution is 2.21. The predicted octanol–water partition coefficient (Wildman–Crippen LogP) is 5.67. The fraction of sp³-hybridized carbons (Fsp3) is 0.200. The van der Waals surface area contributed by atoms with Crippen molar-refractivity contribution in [2.45, 2.75) is 26.3 Å². The van der Waals surface area contributed by atoms with Crippen molar-refractivity contribution < 1.29 is 14.3 Å². The number of carbonyl (C=O) groups is 2. The summed E-state index contributed by atoms with van der Waals surface area (Å²) in [7, 11) is 0. The van der Waals surface area contributed by atoms with Crippen molar-refractivity contribution in [3.8, 4) is 0 Å². The van der Waals surface area contributed by atoms with Crippen LogP contribution in [0.4, 0.5) is 10.5 Å². The van der Waals surface area contributed by atoms with Crippen LogP contribution in [0.25, 0.3) is 0 Å². The van der Waals surface area contributed by atoms with Gasteiger partial charge in [-0.3, -0.25) is 9.69 Å². The van der Waals surface area contributed by atoms with Gasteiger partial charge in [-0.1, -0.05) is 72.8 Å². The first kappa shape index (κ1) is 20.3. The lowest BCUT2D eigenvalue weighted by atomic mass is 10.1. The Bertz CT molecular complexity index is 939. The van der Waals surface area contributed by atoms with E-state index in [1.807, 2.05) is 54.6 Å². The number of nitrogens with zero attached hydrogens (tertiary/aromatic N) is 1. The van der Waals surface area contributed by atoms with E-state index in [-0.39, 0.29) is 5.78 Å². The zero-order chi connectivity index (χ0) is 20.5. The fourth-order valence-corrected chi connectivity index (χ4v) is 3.08. The maximum absolute atomic E-state index is 12.9. The van der Waals surface area contributed by atoms with Crippen molar-refractivity contribution >= 4 is 17.6 Å². The van der Waals surface area contributed by atoms with Gasteiger partial charge in [-0.25, -0.2) is 4.79 Å². The lowest BCUT2D eigenvalue weighted by Gasteiger charge is -2.23. The second kappa shape index (κ2) is 10.2. The number of hydrogen-bond donors (Lipinski definition) is 0. The third-order valence-corrected chi connectivity index (χ3v) is 4.65. The van der Waals surface area contributed by atoms with E-state index >= 15 is 0 Å². The Kier molecular flexibility index (Phi) is 7.17. The summed E-state index contributed by atoms with van der Waals surface area (Å²) in [4.78, 5) is 26.2. The Morgan fingerprint density at radius 3 is 2.14 bits per heavy atom. The Morgan fingerprint density at radius 2 is 1.48 bits per heavy atom. The topological polar surface area (TPSA) is 46.6 Å². The van der Waals surface area contributed by atoms with E-state index in [0.29, 0.717) is 24.4 Å². The molecule has 0 radical (unpaired) electrons. The first-order valence-electron chi connectivity index (χ1n) is 9.76. The monoisotopic (exact) mass is 387 g/mol. The van der Waals surface area contributed by atoms with Crippen LogP contribution < -0.4 is 4.90 Å². The molecule has 0 aromatic heterocycles. The van der Waals surface area contributed by atoms with Gasteiger partial charge in [0.25, 0.3) is 0 Å². The van der Waals surface area contributed by atoms with E-state index in [2.05, 4.69) is 12.1 Å². The molecule has 0 saturated heterocycles. The minimum Gasteiger partial charge on any atom is -0.449 e. The van der Waals surface area contributed by atoms with Crippen LogP contribution in [0.1, 0.15) is 34.8 Å². The molecular weight excluding hydrogens is 362 g/mol. The molecule has 1 amide bonds. The van der Waals surface area contributed by atoms with Crippen molar-refractivity contribution in [2.75, 3.05) is 11.5 Å². The number of hydrogen-bond acceptors (Lipinski definition) is 3. The van der Waals surface area contributed by atoms with Crippen LogP contribution in [0.3, 0.4) is 0 Å². The van der Waals surface area contributed by atoms with Gasteiger partial charge in [0.1, 0.15) is 0 Å². The van der Waals surface area contributed by atoms with E-state index < -0.39 is 6.09 Å². The van der Waals surface area contributed by atoms with Crippen molar-refractivity contribution in [2.24, 2.45) is 0 Å². The molecule has 29 heavy (non-hydrogen) atoms. The number of aryl methyl sites for hydroxylation is 1. The lowest BCUT2D eigenvalue weighted by molar-refractivity contribution is 0.101. The van der Waals surface area contributed by atoms with Gasteiger partial charge >= 0.3 is 6.09 Å². The highest BCUT2D eigenvalue weighted by Gasteiger charge is 2.18. The molecule has 3 aromatic rings. The molecule has 4 heteroatoms. The minimum atomic E-state index is -0.414. The van der Waals surface area contributed by atoms with Crippen LogP contribution in [0.15, 0.2) is 84.9 Å². The molecule has 4 nitrogen and oxygen atoms in total. The normalized spacial score (nSPS) is 10.4. The molecule has 148 valence electrons. The van der Waals surface area contributed by atoms with Gasteiger partial charge in [0.2, 0.25) is 0 Å². The van der Waals surface area contributed by atoms with Crippen LogP contribution in [-0.2, 0) is 17.7 Å². The van der Waals surface area contributed by atoms with Crippen molar-refractivity contribution in [1.82, 2.24) is 0 Å². The Morgan fingerprint density at radius 1 is 0.828 bits per heavy atom. The molecule has 0 aliphatic heterocycles. The number of ketones is 1. The highest BCUT2D eigenvalue weighted by molar-refractivity contribution is 5.96. The molecule has 0 heterocycles. The molecule has 0 fully saturated rings. The average molecular weight is 387 g/mol. The first-order chi connectivity index (χ1) is 14.1. The number of rotatable bonds is 8. The smallest absolute Gasteiger partial charge is 0.414 e. The maximum Gasteiger partial charge on any atom is 0.414 e. The molecule has 0 N–H and O–H groups in total. The van der Waals surface area contributed by atoms with E-state index in [1.54, 1.807) is 23.1 Å². The maximum atomic E-state index is 12.9. The largest absolute Gasteiger partial charge is 0.449 e. The van der Waals surface area contributed by atoms with Crippen LogP contribution in [-0.4, -0.2) is 18.5 Å². The van der Waals surface area contributed by atoms with Gasteiger partial charge in [-0.2, -0.15) is 0 Å². The summed E-state index contributed by atoms with van der Waals surface area (Å²) in [5.41, 5.74) is 3.42. The van der Waals surface area contributed by atoms with Gasteiger partial charge in [-0.05, 0) is 43.0 Å². The number of Topliss-reactive ketones (excluding diaryl/α,β-unsaturated/α-hetero) is 1. The van der Waals surface area contributed by atoms with Crippen LogP contribution in [0.2, 0.25) is 0 Å². The number of amides is 1. The molecule has 0 aliphatic carbocycles. The highest BCUT2D eigenvalue weighted by atomic mass is 16.6. The van der Waals surface area contributed by atoms with Crippen molar-refractivity contribution in [3.63, 3.8) is 0 Å². The summed E-state index contributed by atoms with van der Waals surface area (Å²) < 4.78 is 5.55. The third kappa shape index (κ3) is 6.04. The molecule has 3 aromatic carbocycles. The zero-order valence-corrected chi connectivity index (χ0v) is 16.6. The molecule has 0 unspecified atom stereocenters. The fourth-order valence-electron chi connectivity index (χ4n) is 3.08. The second-order valence-electron chi connectivity index (χ2n) is 6.88. The summed E-state index contributed by atoms with van der Waals surface area (Å²) in [5, 5.41) is 0. The number of carbonyl (C=O) groups excluding carboxylic acids is 2. The summed E-state index contributed by atoms with van der Waals surface area (Å²) in [6.45, 7) is 2.23. The van der Waals surface area contributed by atoms with Crippen LogP contribution in [0, 0.1) is 0 Å². The summed E-state index contributed by atoms with van der Waals surface area (Å²) in [6, 6.07) is 26.9. The molecule has 3 rings (SSSR count). The van der Waals surface area contributed by atoms with Crippen molar-refractivity contribution in [3.05, 3.63) is 102 Å². The van der Waals surface area contributed by atoms with E-state index in [0.717, 1.165) is 18.4 Å². The quantitative estimate of drug-likeness (QED) is 0.370. The minimum absolute atomic E-state index is 0.0391. The van der Waals surface area contributed by atoms with Gasteiger partial charge in [0.15, 0.2) is 5.78 Å². The van der Waals surface area contributed by atoms with Gasteiger partial charge < -0.3 is 4.74 Å². The van der Waals surface area contributed by atoms with E-state index in [9.17, 15) is 9.59 Å². The van der Waals surface area contributed by atoms with Crippen molar-refractivity contribution in [1.29, 1.82) is 0 Å². The summed E-state index contributed by atoms with van der Waals surface area (Å²) >= 11 is 0. The molecule has 0 spiro atoms. The Hall–Kier alpha value is -3.40. The standard InChI is InChI=1S/C25H25NO3/c1-20(27)23-15-8-16-24(18-23)26(19-22-12-6-3-7-13-22)25(28)29-17-9-14-21-10-4-2-5-11-21/h2-8,10-13,15-16,18H,9,14,17,19H2,1H3. The van der Waals surface area contributed by atoms with E-state index in [1.165, 1.54) is 12.5 Å². The lowest BCUT2D eigenvalue weighted by Crippen LogP contribution is -2.31. The Balaban J connectivity index is 1.69. The van der Waals surface area contributed by atoms with Gasteiger partial charge in [-0.15, -0.1) is 0 Å². The van der Waals surface area contributed by atoms with Gasteiger partial charge in [0, 0.05) is 11.3 Å². The molecule has 0 bridgehead atoms. The Labute approximate surface area is 171 Å². The second-order valence-corrected chi connectivity index (χ2v) is 6.88. The molecule has 0 saturated carbocycles. The summed E-state index contributed by atoms with van der Waals surface area (Å²) in [5.74, 6) is -0.0391. The SMILES string of the molecule is CC(=O)c1cccc(N(Cc2ccccc2)C(=O)OCCCc2ccccc2)c1. The first-order valence-corrected chi connectivity index (χ1v) is 9.76. The van der Waals surface area contributed by atoms with Crippen LogP contribution in [0.5, 0.6) is 0 Å². The van der Waals surface area contributed by atoms with Gasteiger partial charge in [0.05, 0.1) is 13.2 Å². The van der Waals surface area contributed by atoms with Crippen LogP contribution >= 0.6 is 0 Å².